The van der Waals surface area contributed by atoms with Gasteiger partial charge in [-0.15, -0.1) is 0 Å². The van der Waals surface area contributed by atoms with E-state index in [1.54, 1.807) is 4.90 Å². The highest BCUT2D eigenvalue weighted by Crippen LogP contribution is 2.36. The van der Waals surface area contributed by atoms with Crippen molar-refractivity contribution < 1.29 is 23.9 Å². The molecule has 4 heterocycles. The molecule has 0 saturated carbocycles. The average molecular weight is 706 g/mol. The minimum Gasteiger partial charge on any atom is -0.453 e. The van der Waals surface area contributed by atoms with Crippen LogP contribution in [0.15, 0.2) is 60.8 Å². The Bertz CT molecular complexity index is 2130. The third-order valence-corrected chi connectivity index (χ3v) is 10.0. The predicted octanol–water partition coefficient (Wildman–Crippen LogP) is 7.89. The summed E-state index contributed by atoms with van der Waals surface area (Å²) in [4.78, 5) is 58.6. The van der Waals surface area contributed by atoms with Crippen molar-refractivity contribution in [1.29, 1.82) is 0 Å². The van der Waals surface area contributed by atoms with Crippen molar-refractivity contribution in [2.45, 2.75) is 84.0 Å². The Balaban J connectivity index is 1.08. The number of nitrogens with one attached hydrogen (secondary N) is 3. The fourth-order valence-corrected chi connectivity index (χ4v) is 7.40. The Morgan fingerprint density at radius 2 is 1.48 bits per heavy atom. The number of amides is 3. The number of ether oxygens (including phenoxy) is 2. The zero-order valence-electron chi connectivity index (χ0n) is 30.7. The van der Waals surface area contributed by atoms with Gasteiger partial charge >= 0.3 is 12.2 Å². The van der Waals surface area contributed by atoms with E-state index in [2.05, 4.69) is 68.8 Å². The first-order valence-electron chi connectivity index (χ1n) is 18.1. The summed E-state index contributed by atoms with van der Waals surface area (Å²) in [5, 5.41) is 4.92. The second-order valence-corrected chi connectivity index (χ2v) is 15.2. The first kappa shape index (κ1) is 35.0. The van der Waals surface area contributed by atoms with Crippen LogP contribution in [0.5, 0.6) is 0 Å². The number of imidazole rings is 2. The highest BCUT2D eigenvalue weighted by molar-refractivity contribution is 5.92. The topological polar surface area (TPSA) is 146 Å². The van der Waals surface area contributed by atoms with Gasteiger partial charge < -0.3 is 29.7 Å². The summed E-state index contributed by atoms with van der Waals surface area (Å²) in [6, 6.07) is 18.0. The average Bonchev–Trinajstić information content (AvgIpc) is 3.94. The number of alkyl carbamates (subject to hydrolysis) is 1. The molecule has 2 fully saturated rings. The van der Waals surface area contributed by atoms with Gasteiger partial charge in [0, 0.05) is 18.7 Å². The molecular formula is C40H47N7O5. The lowest BCUT2D eigenvalue weighted by Gasteiger charge is -2.29. The maximum atomic E-state index is 13.6. The molecule has 0 spiro atoms. The van der Waals surface area contributed by atoms with E-state index < -0.39 is 17.7 Å². The van der Waals surface area contributed by atoms with Crippen LogP contribution in [-0.2, 0) is 14.3 Å². The number of nitrogens with zero attached hydrogens (tertiary/aromatic N) is 4. The van der Waals surface area contributed by atoms with Crippen LogP contribution in [0.1, 0.15) is 84.0 Å². The molecule has 2 saturated heterocycles. The van der Waals surface area contributed by atoms with Crippen molar-refractivity contribution >= 4 is 39.9 Å². The normalized spacial score (nSPS) is 18.4. The summed E-state index contributed by atoms with van der Waals surface area (Å²) in [5.41, 5.74) is 5.24. The number of H-pyrrole nitrogens is 2. The molecule has 0 bridgehead atoms. The second kappa shape index (κ2) is 14.0. The molecule has 7 rings (SSSR count). The first-order valence-corrected chi connectivity index (χ1v) is 18.1. The molecule has 0 unspecified atom stereocenters. The Kier molecular flexibility index (Phi) is 9.41. The highest BCUT2D eigenvalue weighted by atomic mass is 16.6. The number of hydrogen-bond acceptors (Lipinski definition) is 7. The van der Waals surface area contributed by atoms with E-state index in [9.17, 15) is 14.4 Å². The summed E-state index contributed by atoms with van der Waals surface area (Å²) >= 11 is 0. The zero-order chi connectivity index (χ0) is 36.7. The monoisotopic (exact) mass is 705 g/mol. The quantitative estimate of drug-likeness (QED) is 0.156. The molecule has 0 radical (unpaired) electrons. The Hall–Kier alpha value is -5.39. The maximum Gasteiger partial charge on any atom is 0.410 e. The van der Waals surface area contributed by atoms with Crippen LogP contribution in [0.2, 0.25) is 0 Å². The van der Waals surface area contributed by atoms with Crippen LogP contribution < -0.4 is 5.32 Å². The first-order chi connectivity index (χ1) is 24.9. The van der Waals surface area contributed by atoms with Gasteiger partial charge in [0.2, 0.25) is 5.91 Å². The molecule has 12 nitrogen and oxygen atoms in total. The van der Waals surface area contributed by atoms with Gasteiger partial charge in [0.05, 0.1) is 42.1 Å². The van der Waals surface area contributed by atoms with Crippen LogP contribution in [0.3, 0.4) is 0 Å². The molecule has 272 valence electrons. The highest BCUT2D eigenvalue weighted by Gasteiger charge is 2.38. The SMILES string of the molecule is COC(=O)N[C@H](C(=O)N1CCC[C@H]1c1nc2ccc(-c3ccc4cc(-c5cnc([C@@H]6CCCN6C(=O)OC(C)(C)C)[nH]5)ccc4c3)cc2[nH]1)C(C)C. The number of likely N-dealkylation sites (tertiary alicyclic amines) is 2. The lowest BCUT2D eigenvalue weighted by molar-refractivity contribution is -0.135. The lowest BCUT2D eigenvalue weighted by atomic mass is 9.99. The molecular weight excluding hydrogens is 658 g/mol. The summed E-state index contributed by atoms with van der Waals surface area (Å²) in [5.74, 6) is 1.29. The van der Waals surface area contributed by atoms with Crippen molar-refractivity contribution in [3.8, 4) is 22.4 Å². The minimum absolute atomic E-state index is 0.0988. The predicted molar refractivity (Wildman–Crippen MR) is 199 cm³/mol. The smallest absolute Gasteiger partial charge is 0.410 e. The zero-order valence-corrected chi connectivity index (χ0v) is 30.7. The van der Waals surface area contributed by atoms with E-state index in [4.69, 9.17) is 14.5 Å². The van der Waals surface area contributed by atoms with Gasteiger partial charge in [-0.25, -0.2) is 19.6 Å². The molecule has 3 N–H and O–H groups in total. The second-order valence-electron chi connectivity index (χ2n) is 15.2. The third kappa shape index (κ3) is 7.06. The van der Waals surface area contributed by atoms with Crippen LogP contribution in [0.25, 0.3) is 44.2 Å². The van der Waals surface area contributed by atoms with Gasteiger partial charge in [0.15, 0.2) is 0 Å². The Morgan fingerprint density at radius 3 is 2.17 bits per heavy atom. The van der Waals surface area contributed by atoms with Gasteiger partial charge in [0.1, 0.15) is 23.3 Å². The largest absolute Gasteiger partial charge is 0.453 e. The van der Waals surface area contributed by atoms with Gasteiger partial charge in [-0.3, -0.25) is 9.69 Å². The molecule has 3 atom stereocenters. The number of aromatic nitrogens is 4. The van der Waals surface area contributed by atoms with Crippen molar-refractivity contribution in [3.05, 3.63) is 72.4 Å². The van der Waals surface area contributed by atoms with Crippen molar-refractivity contribution in [1.82, 2.24) is 35.1 Å². The van der Waals surface area contributed by atoms with Gasteiger partial charge in [-0.05, 0) is 98.5 Å². The van der Waals surface area contributed by atoms with Crippen molar-refractivity contribution in [2.24, 2.45) is 5.92 Å². The molecule has 12 heteroatoms. The Labute approximate surface area is 303 Å². The molecule has 2 aliphatic rings. The van der Waals surface area contributed by atoms with E-state index in [1.165, 1.54) is 7.11 Å². The lowest BCUT2D eigenvalue weighted by Crippen LogP contribution is -2.51. The van der Waals surface area contributed by atoms with E-state index in [1.807, 2.05) is 51.8 Å². The van der Waals surface area contributed by atoms with Crippen LogP contribution >= 0.6 is 0 Å². The molecule has 52 heavy (non-hydrogen) atoms. The molecule has 3 aromatic carbocycles. The molecule has 2 aromatic heterocycles. The van der Waals surface area contributed by atoms with Crippen LogP contribution in [0.4, 0.5) is 9.59 Å². The van der Waals surface area contributed by atoms with Crippen molar-refractivity contribution in [3.63, 3.8) is 0 Å². The van der Waals surface area contributed by atoms with Gasteiger partial charge in [-0.2, -0.15) is 0 Å². The maximum absolute atomic E-state index is 13.6. The fourth-order valence-electron chi connectivity index (χ4n) is 7.40. The van der Waals surface area contributed by atoms with E-state index in [0.29, 0.717) is 13.1 Å². The number of carbonyl (C=O) groups is 3. The number of benzene rings is 3. The van der Waals surface area contributed by atoms with E-state index >= 15 is 0 Å². The van der Waals surface area contributed by atoms with Crippen molar-refractivity contribution in [2.75, 3.05) is 20.2 Å². The number of methoxy groups -OCH3 is 1. The summed E-state index contributed by atoms with van der Waals surface area (Å²) < 4.78 is 10.4. The van der Waals surface area contributed by atoms with E-state index in [0.717, 1.165) is 81.5 Å². The number of hydrogen-bond donors (Lipinski definition) is 3. The van der Waals surface area contributed by atoms with Gasteiger partial charge in [-0.1, -0.05) is 44.2 Å². The fraction of sp³-hybridized carbons (Fsp3) is 0.425. The van der Waals surface area contributed by atoms with Crippen LogP contribution in [0, 0.1) is 5.92 Å². The summed E-state index contributed by atoms with van der Waals surface area (Å²) in [6.07, 6.45) is 4.31. The minimum atomic E-state index is -0.682. The summed E-state index contributed by atoms with van der Waals surface area (Å²) in [7, 11) is 1.30. The number of fused-ring (bicyclic) bond motifs is 2. The molecule has 0 aliphatic carbocycles. The Morgan fingerprint density at radius 1 is 0.846 bits per heavy atom. The number of rotatable bonds is 7. The molecule has 5 aromatic rings. The summed E-state index contributed by atoms with van der Waals surface area (Å²) in [6.45, 7) is 10.7. The number of carbonyl (C=O) groups excluding carboxylic acids is 3. The van der Waals surface area contributed by atoms with Crippen LogP contribution in [-0.4, -0.2) is 79.7 Å². The van der Waals surface area contributed by atoms with Gasteiger partial charge in [0.25, 0.3) is 0 Å². The number of aromatic amines is 2. The third-order valence-electron chi connectivity index (χ3n) is 10.0. The standard InChI is InChI=1S/C40H47N7O5/c1-23(2)34(45-38(49)51-6)37(48)46-17-7-10-33(46)36-42-29-16-15-27(21-30(29)43-36)25-11-12-26-20-28(14-13-24(26)19-25)31-22-41-35(44-31)32-9-8-18-47(32)39(50)52-40(3,4)5/h11-16,19-23,32-34H,7-10,17-18H2,1-6H3,(H,41,44)(H,42,43)(H,45,49)/t32-,33-,34-/m0/s1. The van der Waals surface area contributed by atoms with E-state index in [-0.39, 0.29) is 30.0 Å². The molecule has 3 amide bonds. The molecule has 2 aliphatic heterocycles.